The molecular formula is C79H135N9O2. The Hall–Kier alpha value is -4.45. The third kappa shape index (κ3) is 11.5. The number of phenolic OH excluding ortho intramolecular Hbond substituents is 2. The molecular weight excluding hydrogens is 1110 g/mol. The van der Waals surface area contributed by atoms with Crippen LogP contribution in [-0.2, 0) is 0 Å². The molecule has 6 atom stereocenters. The Morgan fingerprint density at radius 1 is 0.411 bits per heavy atom. The zero-order chi connectivity index (χ0) is 70.5. The molecule has 0 radical (unpaired) electrons. The summed E-state index contributed by atoms with van der Waals surface area (Å²) in [7, 11) is 7.20. The van der Waals surface area contributed by atoms with E-state index in [1.54, 1.807) is 4.80 Å². The summed E-state index contributed by atoms with van der Waals surface area (Å²) in [4.78, 5) is 22.8. The molecule has 90 heavy (non-hydrogen) atoms. The van der Waals surface area contributed by atoms with Gasteiger partial charge in [-0.05, 0) is 270 Å². The number of hydrogen-bond acceptors (Lipinski definition) is 10. The van der Waals surface area contributed by atoms with E-state index < -0.39 is 0 Å². The summed E-state index contributed by atoms with van der Waals surface area (Å²) in [6.07, 6.45) is 4.72. The van der Waals surface area contributed by atoms with Crippen molar-refractivity contribution in [2.24, 2.45) is 38.4 Å². The highest BCUT2D eigenvalue weighted by atomic mass is 16.3. The van der Waals surface area contributed by atoms with E-state index in [4.69, 9.17) is 10.2 Å². The number of piperidine rings is 1. The average molecular weight is 1240 g/mol. The van der Waals surface area contributed by atoms with Crippen molar-refractivity contribution in [2.45, 2.75) is 323 Å². The minimum atomic E-state index is 0.109. The number of aromatic hydroxyl groups is 2. The Morgan fingerprint density at radius 2 is 0.756 bits per heavy atom. The fraction of sp³-hybridized carbons (Fsp3) is 0.734. The molecule has 11 heteroatoms. The largest absolute Gasteiger partial charge is 0.507 e. The highest BCUT2D eigenvalue weighted by Crippen LogP contribution is 2.70. The standard InChI is InChI=1S/C23H47N.C21H44N2.C20H25N3O.C15H19N3O/c1-15-22(18(4,5)6)17(3)20(10,11)21(12,13)23(16-2,24(22)14)19(7,8)9;1-14-20(17(4,5)6)16(3)22(12)19(10,11)21(15-2,23(20)13)18(7,8)9;1-9-10(2)14(6)18-17(13(9)5)21-23(22-18)19-15(7)11(3)12(4)16(8)20(19)24;1-7-8(2)10(4)14(19)13(9(7)3)15-17-11(5)16-12(6)18-15/h17H,15-16H2,1-14H3;16H,14-15H2,1-13H3;24H,1-8H3;19H,1-6H3/t17-,22?,23?;16-,20?,21?;;/m01../s1. The molecule has 2 saturated heterocycles. The van der Waals surface area contributed by atoms with E-state index in [2.05, 4.69) is 259 Å². The Kier molecular flexibility index (Phi) is 22.3. The molecule has 7 rings (SSSR count). The van der Waals surface area contributed by atoms with Gasteiger partial charge in [-0.25, -0.2) is 15.0 Å². The van der Waals surface area contributed by atoms with E-state index in [0.717, 1.165) is 62.0 Å². The number of piperazine rings is 1. The zero-order valence-corrected chi connectivity index (χ0v) is 65.9. The van der Waals surface area contributed by atoms with Crippen molar-refractivity contribution >= 4 is 11.0 Å². The molecule has 0 spiro atoms. The predicted molar refractivity (Wildman–Crippen MR) is 387 cm³/mol. The van der Waals surface area contributed by atoms with Gasteiger partial charge < -0.3 is 10.2 Å². The third-order valence-electron chi connectivity index (χ3n) is 26.7. The molecule has 2 fully saturated rings. The summed E-state index contributed by atoms with van der Waals surface area (Å²) < 4.78 is 0. The summed E-state index contributed by atoms with van der Waals surface area (Å²) in [5.74, 6) is 3.03. The summed E-state index contributed by atoms with van der Waals surface area (Å²) >= 11 is 0. The Bertz CT molecular complexity index is 3300. The smallest absolute Gasteiger partial charge is 0.167 e. The fourth-order valence-corrected chi connectivity index (χ4v) is 20.2. The monoisotopic (exact) mass is 1240 g/mol. The lowest BCUT2D eigenvalue weighted by atomic mass is 9.38. The maximum absolute atomic E-state index is 10.7. The number of phenols is 2. The van der Waals surface area contributed by atoms with E-state index in [1.807, 2.05) is 55.4 Å². The van der Waals surface area contributed by atoms with Crippen LogP contribution in [0.2, 0.25) is 0 Å². The van der Waals surface area contributed by atoms with E-state index >= 15 is 0 Å². The minimum Gasteiger partial charge on any atom is -0.507 e. The molecule has 0 aliphatic carbocycles. The molecule has 2 aromatic heterocycles. The molecule has 2 N–H and O–H groups in total. The molecule has 4 heterocycles. The SMILES string of the molecule is CCC1(C(C)(C)C)[C@@H](C)C(C)(C)C(C)(C)C(CC)(C(C)(C)C)N1C.CCC1(C(C)(C)C)[C@@H](C)N(C)C(C)(C)C(CC)(C(C)(C)C)N1C.Cc1c(C)c(C)c(-n2nc3c(C)c(C)c(C)c(C)c3n2)c(O)c1C.Cc1nc(C)nc(-c2c(C)c(C)c(C)c(C)c2O)n1. The van der Waals surface area contributed by atoms with Gasteiger partial charge in [0.2, 0.25) is 0 Å². The molecule has 3 aromatic carbocycles. The maximum Gasteiger partial charge on any atom is 0.167 e. The first-order valence-corrected chi connectivity index (χ1v) is 34.3. The lowest BCUT2D eigenvalue weighted by Gasteiger charge is -2.77. The van der Waals surface area contributed by atoms with Crippen LogP contribution < -0.4 is 0 Å². The molecule has 4 unspecified atom stereocenters. The summed E-state index contributed by atoms with van der Waals surface area (Å²) in [5.41, 5.74) is 18.4. The molecule has 11 nitrogen and oxygen atoms in total. The van der Waals surface area contributed by atoms with Crippen LogP contribution in [-0.4, -0.2) is 110 Å². The molecule has 0 amide bonds. The summed E-state index contributed by atoms with van der Waals surface area (Å²) in [6.45, 7) is 87.1. The molecule has 508 valence electrons. The van der Waals surface area contributed by atoms with Gasteiger partial charge in [-0.1, -0.05) is 145 Å². The number of aryl methyl sites for hydroxylation is 4. The molecule has 0 bridgehead atoms. The van der Waals surface area contributed by atoms with Crippen molar-refractivity contribution in [3.8, 4) is 28.6 Å². The van der Waals surface area contributed by atoms with Crippen molar-refractivity contribution in [1.82, 2.24) is 44.6 Å². The van der Waals surface area contributed by atoms with Crippen molar-refractivity contribution in [3.63, 3.8) is 0 Å². The van der Waals surface area contributed by atoms with Crippen molar-refractivity contribution in [3.05, 3.63) is 78.4 Å². The normalized spacial score (nSPS) is 24.9. The lowest BCUT2D eigenvalue weighted by Crippen LogP contribution is -2.86. The first kappa shape index (κ1) is 78.0. The van der Waals surface area contributed by atoms with Crippen LogP contribution >= 0.6 is 0 Å². The van der Waals surface area contributed by atoms with Gasteiger partial charge in [-0.3, -0.25) is 14.7 Å². The number of hydrogen-bond donors (Lipinski definition) is 2. The van der Waals surface area contributed by atoms with Crippen LogP contribution in [0.4, 0.5) is 0 Å². The quantitative estimate of drug-likeness (QED) is 0.170. The van der Waals surface area contributed by atoms with Crippen LogP contribution in [0.25, 0.3) is 28.1 Å². The average Bonchev–Trinajstić information content (AvgIpc) is 0.761. The van der Waals surface area contributed by atoms with Gasteiger partial charge in [0, 0.05) is 33.7 Å². The van der Waals surface area contributed by atoms with Gasteiger partial charge in [-0.2, -0.15) is 0 Å². The van der Waals surface area contributed by atoms with E-state index in [1.165, 1.54) is 41.5 Å². The highest BCUT2D eigenvalue weighted by molar-refractivity contribution is 5.84. The van der Waals surface area contributed by atoms with E-state index in [0.29, 0.717) is 40.7 Å². The van der Waals surface area contributed by atoms with Gasteiger partial charge >= 0.3 is 0 Å². The molecule has 0 saturated carbocycles. The van der Waals surface area contributed by atoms with Crippen LogP contribution in [0.5, 0.6) is 11.5 Å². The Labute approximate surface area is 552 Å². The second kappa shape index (κ2) is 25.7. The number of nitrogens with zero attached hydrogens (tertiary/aromatic N) is 9. The number of aromatic nitrogens is 6. The maximum atomic E-state index is 10.7. The molecule has 5 aromatic rings. The molecule has 2 aliphatic heterocycles. The van der Waals surface area contributed by atoms with Crippen LogP contribution in [0.1, 0.15) is 270 Å². The topological polar surface area (TPSA) is 120 Å². The van der Waals surface area contributed by atoms with Crippen LogP contribution in [0, 0.1) is 135 Å². The lowest BCUT2D eigenvalue weighted by molar-refractivity contribution is -0.278. The third-order valence-corrected chi connectivity index (χ3v) is 26.7. The minimum absolute atomic E-state index is 0.109. The zero-order valence-electron chi connectivity index (χ0n) is 65.9. The van der Waals surface area contributed by atoms with Gasteiger partial charge in [-0.15, -0.1) is 15.0 Å². The van der Waals surface area contributed by atoms with E-state index in [-0.39, 0.29) is 71.7 Å². The molecule has 2 aliphatic rings. The van der Waals surface area contributed by atoms with Gasteiger partial charge in [0.25, 0.3) is 0 Å². The first-order valence-electron chi connectivity index (χ1n) is 34.3. The number of likely N-dealkylation sites (tertiary alicyclic amines) is 1. The first-order chi connectivity index (χ1) is 40.5. The highest BCUT2D eigenvalue weighted by Gasteiger charge is 2.72. The number of fused-ring (bicyclic) bond motifs is 1. The van der Waals surface area contributed by atoms with Crippen LogP contribution in [0.15, 0.2) is 0 Å². The van der Waals surface area contributed by atoms with Crippen molar-refractivity contribution in [1.29, 1.82) is 0 Å². The van der Waals surface area contributed by atoms with Crippen molar-refractivity contribution in [2.75, 3.05) is 21.1 Å². The van der Waals surface area contributed by atoms with Gasteiger partial charge in [0.15, 0.2) is 5.82 Å². The van der Waals surface area contributed by atoms with Gasteiger partial charge in [0.05, 0.1) is 5.56 Å². The Morgan fingerprint density at radius 3 is 1.11 bits per heavy atom. The summed E-state index contributed by atoms with van der Waals surface area (Å²) in [6, 6.07) is 0.509. The predicted octanol–water partition coefficient (Wildman–Crippen LogP) is 20.1. The fourth-order valence-electron chi connectivity index (χ4n) is 20.2. The second-order valence-corrected chi connectivity index (χ2v) is 33.9. The Balaban J connectivity index is 0.000000257. The number of benzene rings is 3. The van der Waals surface area contributed by atoms with Gasteiger partial charge in [0.1, 0.15) is 39.9 Å². The summed E-state index contributed by atoms with van der Waals surface area (Å²) in [5, 5.41) is 30.6. The van der Waals surface area contributed by atoms with Crippen molar-refractivity contribution < 1.29 is 10.2 Å². The van der Waals surface area contributed by atoms with Crippen LogP contribution in [0.3, 0.4) is 0 Å². The number of likely N-dealkylation sites (N-methyl/N-ethyl adjacent to an activating group) is 2. The van der Waals surface area contributed by atoms with E-state index in [9.17, 15) is 10.2 Å². The second-order valence-electron chi connectivity index (χ2n) is 33.9. The number of rotatable bonds is 6.